The monoisotopic (exact) mass is 367 g/mol. The number of ether oxygens (including phenoxy) is 2. The maximum absolute atomic E-state index is 6.18. The van der Waals surface area contributed by atoms with Crippen molar-refractivity contribution in [2.75, 3.05) is 12.4 Å². The van der Waals surface area contributed by atoms with Crippen LogP contribution in [-0.4, -0.2) is 7.11 Å². The van der Waals surface area contributed by atoms with Crippen LogP contribution in [0.2, 0.25) is 5.02 Å². The van der Waals surface area contributed by atoms with Crippen molar-refractivity contribution in [2.24, 2.45) is 0 Å². The second-order valence-electron chi connectivity index (χ2n) is 6.11. The lowest BCUT2D eigenvalue weighted by molar-refractivity contribution is 0.303. The van der Waals surface area contributed by atoms with Gasteiger partial charge in [0.2, 0.25) is 0 Å². The van der Waals surface area contributed by atoms with Gasteiger partial charge in [0.05, 0.1) is 7.11 Å². The SMILES string of the molecule is COc1ccc(NCc2cc(Cl)ccc2OCc2cccc(C)c2)cc1. The Balaban J connectivity index is 1.68. The molecule has 0 heterocycles. The second-order valence-corrected chi connectivity index (χ2v) is 6.55. The van der Waals surface area contributed by atoms with Gasteiger partial charge in [0.15, 0.2) is 0 Å². The van der Waals surface area contributed by atoms with E-state index < -0.39 is 0 Å². The summed E-state index contributed by atoms with van der Waals surface area (Å²) >= 11 is 6.18. The molecule has 3 nitrogen and oxygen atoms in total. The molecule has 0 bridgehead atoms. The Morgan fingerprint density at radius 3 is 2.50 bits per heavy atom. The Labute approximate surface area is 159 Å². The highest BCUT2D eigenvalue weighted by Gasteiger charge is 2.06. The maximum atomic E-state index is 6.18. The first-order chi connectivity index (χ1) is 12.6. The minimum absolute atomic E-state index is 0.527. The van der Waals surface area contributed by atoms with Gasteiger partial charge in [-0.15, -0.1) is 0 Å². The summed E-state index contributed by atoms with van der Waals surface area (Å²) in [6.07, 6.45) is 0. The highest BCUT2D eigenvalue weighted by atomic mass is 35.5. The molecule has 3 rings (SSSR count). The first-order valence-electron chi connectivity index (χ1n) is 8.49. The number of halogens is 1. The van der Waals surface area contributed by atoms with E-state index in [9.17, 15) is 0 Å². The summed E-state index contributed by atoms with van der Waals surface area (Å²) in [6, 6.07) is 21.8. The lowest BCUT2D eigenvalue weighted by Crippen LogP contribution is -2.04. The fraction of sp³-hybridized carbons (Fsp3) is 0.182. The molecule has 0 spiro atoms. The second kappa shape index (κ2) is 8.63. The van der Waals surface area contributed by atoms with Crippen molar-refractivity contribution in [3.63, 3.8) is 0 Å². The van der Waals surface area contributed by atoms with E-state index in [1.165, 1.54) is 5.56 Å². The van der Waals surface area contributed by atoms with E-state index in [0.29, 0.717) is 18.2 Å². The molecule has 0 saturated heterocycles. The lowest BCUT2D eigenvalue weighted by Gasteiger charge is -2.14. The first-order valence-corrected chi connectivity index (χ1v) is 8.86. The number of aryl methyl sites for hydroxylation is 1. The van der Waals surface area contributed by atoms with Gasteiger partial charge in [0.1, 0.15) is 18.1 Å². The number of anilines is 1. The van der Waals surface area contributed by atoms with Crippen molar-refractivity contribution in [2.45, 2.75) is 20.1 Å². The fourth-order valence-corrected chi connectivity index (χ4v) is 2.89. The third kappa shape index (κ3) is 4.93. The zero-order valence-electron chi connectivity index (χ0n) is 15.0. The molecule has 0 unspecified atom stereocenters. The number of hydrogen-bond donors (Lipinski definition) is 1. The average molecular weight is 368 g/mol. The largest absolute Gasteiger partial charge is 0.497 e. The zero-order chi connectivity index (χ0) is 18.4. The third-order valence-corrected chi connectivity index (χ3v) is 4.31. The van der Waals surface area contributed by atoms with Gasteiger partial charge in [-0.25, -0.2) is 0 Å². The normalized spacial score (nSPS) is 10.4. The van der Waals surface area contributed by atoms with Gasteiger partial charge in [0.25, 0.3) is 0 Å². The van der Waals surface area contributed by atoms with Gasteiger partial charge in [-0.2, -0.15) is 0 Å². The topological polar surface area (TPSA) is 30.5 Å². The first kappa shape index (κ1) is 18.2. The van der Waals surface area contributed by atoms with Crippen LogP contribution in [0.3, 0.4) is 0 Å². The summed E-state index contributed by atoms with van der Waals surface area (Å²) in [5.74, 6) is 1.66. The molecule has 134 valence electrons. The van der Waals surface area contributed by atoms with Crippen molar-refractivity contribution >= 4 is 17.3 Å². The predicted molar refractivity (Wildman–Crippen MR) is 107 cm³/mol. The molecule has 1 N–H and O–H groups in total. The molecular formula is C22H22ClNO2. The van der Waals surface area contributed by atoms with Crippen LogP contribution in [0.1, 0.15) is 16.7 Å². The van der Waals surface area contributed by atoms with Crippen LogP contribution in [0, 0.1) is 6.92 Å². The summed E-state index contributed by atoms with van der Waals surface area (Å²) in [5.41, 5.74) is 4.40. The highest BCUT2D eigenvalue weighted by Crippen LogP contribution is 2.25. The van der Waals surface area contributed by atoms with E-state index in [-0.39, 0.29) is 0 Å². The quantitative estimate of drug-likeness (QED) is 0.568. The van der Waals surface area contributed by atoms with Crippen molar-refractivity contribution in [3.8, 4) is 11.5 Å². The number of hydrogen-bond acceptors (Lipinski definition) is 3. The standard InChI is InChI=1S/C22H22ClNO2/c1-16-4-3-5-17(12-16)15-26-22-11-6-19(23)13-18(22)14-24-20-7-9-21(25-2)10-8-20/h3-13,24H,14-15H2,1-2H3. The molecule has 0 radical (unpaired) electrons. The van der Waals surface area contributed by atoms with Crippen molar-refractivity contribution in [1.29, 1.82) is 0 Å². The molecule has 0 aromatic heterocycles. The predicted octanol–water partition coefficient (Wildman–Crippen LogP) is 5.85. The highest BCUT2D eigenvalue weighted by molar-refractivity contribution is 6.30. The van der Waals surface area contributed by atoms with E-state index in [1.54, 1.807) is 7.11 Å². The summed E-state index contributed by atoms with van der Waals surface area (Å²) in [6.45, 7) is 3.23. The van der Waals surface area contributed by atoms with Crippen LogP contribution in [-0.2, 0) is 13.2 Å². The Hall–Kier alpha value is -2.65. The van der Waals surface area contributed by atoms with Crippen LogP contribution in [0.25, 0.3) is 0 Å². The van der Waals surface area contributed by atoms with E-state index in [4.69, 9.17) is 21.1 Å². The van der Waals surface area contributed by atoms with Gasteiger partial charge in [0, 0.05) is 22.8 Å². The molecule has 0 aliphatic carbocycles. The molecule has 0 amide bonds. The summed E-state index contributed by atoms with van der Waals surface area (Å²) in [5, 5.41) is 4.09. The number of benzene rings is 3. The lowest BCUT2D eigenvalue weighted by atomic mass is 10.1. The molecule has 26 heavy (non-hydrogen) atoms. The van der Waals surface area contributed by atoms with Crippen molar-refractivity contribution in [3.05, 3.63) is 88.4 Å². The Morgan fingerprint density at radius 1 is 0.962 bits per heavy atom. The molecule has 4 heteroatoms. The number of nitrogens with one attached hydrogen (secondary N) is 1. The Morgan fingerprint density at radius 2 is 1.77 bits per heavy atom. The molecule has 0 atom stereocenters. The molecule has 0 fully saturated rings. The van der Waals surface area contributed by atoms with Crippen LogP contribution in [0.15, 0.2) is 66.7 Å². The van der Waals surface area contributed by atoms with Crippen LogP contribution in [0.4, 0.5) is 5.69 Å². The van der Waals surface area contributed by atoms with Crippen LogP contribution in [0.5, 0.6) is 11.5 Å². The smallest absolute Gasteiger partial charge is 0.124 e. The van der Waals surface area contributed by atoms with Crippen LogP contribution >= 0.6 is 11.6 Å². The minimum atomic E-state index is 0.527. The molecule has 0 aliphatic rings. The average Bonchev–Trinajstić information content (AvgIpc) is 2.66. The molecule has 0 aliphatic heterocycles. The van der Waals surface area contributed by atoms with E-state index in [0.717, 1.165) is 28.3 Å². The van der Waals surface area contributed by atoms with Crippen LogP contribution < -0.4 is 14.8 Å². The Kier molecular flexibility index (Phi) is 6.03. The van der Waals surface area contributed by atoms with E-state index in [2.05, 4.69) is 30.4 Å². The zero-order valence-corrected chi connectivity index (χ0v) is 15.7. The minimum Gasteiger partial charge on any atom is -0.497 e. The molecular weight excluding hydrogens is 346 g/mol. The molecule has 3 aromatic rings. The summed E-state index contributed by atoms with van der Waals surface area (Å²) in [7, 11) is 1.66. The third-order valence-electron chi connectivity index (χ3n) is 4.07. The van der Waals surface area contributed by atoms with Gasteiger partial charge in [-0.1, -0.05) is 41.4 Å². The van der Waals surface area contributed by atoms with Crippen molar-refractivity contribution in [1.82, 2.24) is 0 Å². The fourth-order valence-electron chi connectivity index (χ4n) is 2.70. The summed E-state index contributed by atoms with van der Waals surface area (Å²) < 4.78 is 11.2. The Bertz CT molecular complexity index is 862. The molecule has 0 saturated carbocycles. The number of methoxy groups -OCH3 is 1. The van der Waals surface area contributed by atoms with Gasteiger partial charge in [-0.05, 0) is 55.0 Å². The summed E-state index contributed by atoms with van der Waals surface area (Å²) in [4.78, 5) is 0. The number of rotatable bonds is 7. The van der Waals surface area contributed by atoms with Gasteiger partial charge in [-0.3, -0.25) is 0 Å². The van der Waals surface area contributed by atoms with Gasteiger partial charge < -0.3 is 14.8 Å². The van der Waals surface area contributed by atoms with Crippen molar-refractivity contribution < 1.29 is 9.47 Å². The maximum Gasteiger partial charge on any atom is 0.124 e. The van der Waals surface area contributed by atoms with E-state index >= 15 is 0 Å². The van der Waals surface area contributed by atoms with Gasteiger partial charge >= 0.3 is 0 Å². The molecule has 3 aromatic carbocycles. The van der Waals surface area contributed by atoms with E-state index in [1.807, 2.05) is 48.5 Å².